The molecular weight excluding hydrogens is 320 g/mol. The van der Waals surface area contributed by atoms with E-state index in [-0.39, 0.29) is 11.7 Å². The number of anilines is 1. The fraction of sp³-hybridized carbons (Fsp3) is 0.214. The normalized spacial score (nSPS) is 10.1. The van der Waals surface area contributed by atoms with E-state index in [1.54, 1.807) is 31.2 Å². The minimum absolute atomic E-state index is 0.0811. The van der Waals surface area contributed by atoms with Gasteiger partial charge < -0.3 is 10.1 Å². The van der Waals surface area contributed by atoms with Gasteiger partial charge in [0.1, 0.15) is 5.03 Å². The maximum absolute atomic E-state index is 11.8. The fourth-order valence-corrected chi connectivity index (χ4v) is 2.23. The van der Waals surface area contributed by atoms with Crippen molar-refractivity contribution < 1.29 is 14.3 Å². The second kappa shape index (κ2) is 8.08. The van der Waals surface area contributed by atoms with Gasteiger partial charge >= 0.3 is 11.7 Å². The number of aromatic amines is 1. The number of nitrogens with zero attached hydrogens (tertiary/aromatic N) is 2. The van der Waals surface area contributed by atoms with Gasteiger partial charge in [0, 0.05) is 5.69 Å². The molecule has 1 aromatic heterocycles. The Bertz CT molecular complexity index is 745. The standard InChI is InChI=1S/C14H14N4O4S/c1-2-22-13(20)9-3-5-10(6-4-9)16-11(19)8-23-12-7-15-18-14(21)17-12/h3-7H,2,8H2,1H3,(H,16,19)(H,17,18,21). The van der Waals surface area contributed by atoms with Gasteiger partial charge in [0.2, 0.25) is 5.91 Å². The van der Waals surface area contributed by atoms with E-state index in [1.807, 2.05) is 0 Å². The molecule has 0 fully saturated rings. The number of carbonyl (C=O) groups excluding carboxylic acids is 2. The third kappa shape index (κ3) is 5.22. The van der Waals surface area contributed by atoms with Crippen LogP contribution in [0.4, 0.5) is 5.69 Å². The van der Waals surface area contributed by atoms with E-state index in [0.717, 1.165) is 11.8 Å². The molecule has 0 atom stereocenters. The number of esters is 1. The Kier molecular flexibility index (Phi) is 5.87. The van der Waals surface area contributed by atoms with E-state index < -0.39 is 11.7 Å². The number of hydrogen-bond donors (Lipinski definition) is 2. The molecule has 8 nitrogen and oxygen atoms in total. The van der Waals surface area contributed by atoms with Crippen LogP contribution in [0.3, 0.4) is 0 Å². The van der Waals surface area contributed by atoms with Crippen LogP contribution in [-0.2, 0) is 9.53 Å². The van der Waals surface area contributed by atoms with E-state index in [1.165, 1.54) is 6.20 Å². The molecule has 23 heavy (non-hydrogen) atoms. The summed E-state index contributed by atoms with van der Waals surface area (Å²) >= 11 is 1.10. The van der Waals surface area contributed by atoms with E-state index in [0.29, 0.717) is 22.9 Å². The van der Waals surface area contributed by atoms with Crippen molar-refractivity contribution in [2.75, 3.05) is 17.7 Å². The Morgan fingerprint density at radius 1 is 1.30 bits per heavy atom. The van der Waals surface area contributed by atoms with Gasteiger partial charge in [-0.3, -0.25) is 4.79 Å². The molecular formula is C14H14N4O4S. The SMILES string of the molecule is CCOC(=O)c1ccc(NC(=O)CSc2cn[nH]c(=O)n2)cc1. The minimum Gasteiger partial charge on any atom is -0.462 e. The predicted molar refractivity (Wildman–Crippen MR) is 84.4 cm³/mol. The summed E-state index contributed by atoms with van der Waals surface area (Å²) in [4.78, 5) is 38.0. The zero-order chi connectivity index (χ0) is 16.7. The quantitative estimate of drug-likeness (QED) is 0.600. The summed E-state index contributed by atoms with van der Waals surface area (Å²) in [5.41, 5.74) is 0.406. The van der Waals surface area contributed by atoms with Gasteiger partial charge in [-0.2, -0.15) is 10.1 Å². The van der Waals surface area contributed by atoms with Gasteiger partial charge in [-0.05, 0) is 31.2 Å². The molecule has 0 aliphatic heterocycles. The molecule has 0 aliphatic carbocycles. The number of hydrogen-bond acceptors (Lipinski definition) is 7. The molecule has 0 aliphatic rings. The molecule has 0 bridgehead atoms. The van der Waals surface area contributed by atoms with Crippen LogP contribution in [0.25, 0.3) is 0 Å². The number of rotatable bonds is 6. The van der Waals surface area contributed by atoms with Crippen LogP contribution in [-0.4, -0.2) is 39.4 Å². The van der Waals surface area contributed by atoms with Gasteiger partial charge in [-0.25, -0.2) is 14.7 Å². The highest BCUT2D eigenvalue weighted by molar-refractivity contribution is 7.99. The molecule has 2 N–H and O–H groups in total. The van der Waals surface area contributed by atoms with Gasteiger partial charge in [0.05, 0.1) is 24.1 Å². The van der Waals surface area contributed by atoms with Crippen molar-refractivity contribution in [1.82, 2.24) is 15.2 Å². The average molecular weight is 334 g/mol. The smallest absolute Gasteiger partial charge is 0.362 e. The molecule has 1 aromatic carbocycles. The average Bonchev–Trinajstić information content (AvgIpc) is 2.54. The van der Waals surface area contributed by atoms with Gasteiger partial charge in [-0.1, -0.05) is 11.8 Å². The van der Waals surface area contributed by atoms with Crippen molar-refractivity contribution in [3.05, 3.63) is 46.5 Å². The van der Waals surface area contributed by atoms with Gasteiger partial charge in [0.25, 0.3) is 0 Å². The van der Waals surface area contributed by atoms with Crippen LogP contribution in [0.2, 0.25) is 0 Å². The van der Waals surface area contributed by atoms with E-state index in [2.05, 4.69) is 20.5 Å². The summed E-state index contributed by atoms with van der Waals surface area (Å²) in [5, 5.41) is 8.79. The molecule has 1 amide bonds. The lowest BCUT2D eigenvalue weighted by molar-refractivity contribution is -0.113. The summed E-state index contributed by atoms with van der Waals surface area (Å²) in [6.45, 7) is 2.04. The summed E-state index contributed by atoms with van der Waals surface area (Å²) in [5.74, 6) is -0.590. The largest absolute Gasteiger partial charge is 0.462 e. The number of thioether (sulfide) groups is 1. The lowest BCUT2D eigenvalue weighted by Gasteiger charge is -2.06. The lowest BCUT2D eigenvalue weighted by atomic mass is 10.2. The van der Waals surface area contributed by atoms with Crippen LogP contribution in [0.15, 0.2) is 40.3 Å². The molecule has 120 valence electrons. The topological polar surface area (TPSA) is 114 Å². The molecule has 1 heterocycles. The summed E-state index contributed by atoms with van der Waals surface area (Å²) in [7, 11) is 0. The number of carbonyl (C=O) groups is 2. The van der Waals surface area contributed by atoms with Crippen LogP contribution in [0, 0.1) is 0 Å². The Morgan fingerprint density at radius 3 is 2.70 bits per heavy atom. The van der Waals surface area contributed by atoms with Crippen molar-refractivity contribution in [1.29, 1.82) is 0 Å². The van der Waals surface area contributed by atoms with Crippen molar-refractivity contribution in [2.45, 2.75) is 11.9 Å². The highest BCUT2D eigenvalue weighted by Crippen LogP contribution is 2.14. The number of amides is 1. The first-order valence-corrected chi connectivity index (χ1v) is 7.68. The van der Waals surface area contributed by atoms with E-state index >= 15 is 0 Å². The summed E-state index contributed by atoms with van der Waals surface area (Å²) in [6.07, 6.45) is 1.37. The third-order valence-corrected chi connectivity index (χ3v) is 3.48. The van der Waals surface area contributed by atoms with Gasteiger partial charge in [0.15, 0.2) is 0 Å². The maximum Gasteiger partial charge on any atom is 0.362 e. The van der Waals surface area contributed by atoms with Crippen LogP contribution >= 0.6 is 11.8 Å². The molecule has 0 saturated carbocycles. The first-order chi connectivity index (χ1) is 11.1. The molecule has 0 saturated heterocycles. The maximum atomic E-state index is 11.8. The van der Waals surface area contributed by atoms with Crippen molar-refractivity contribution in [3.63, 3.8) is 0 Å². The highest BCUT2D eigenvalue weighted by atomic mass is 32.2. The molecule has 9 heteroatoms. The van der Waals surface area contributed by atoms with Crippen LogP contribution in [0.5, 0.6) is 0 Å². The van der Waals surface area contributed by atoms with Crippen molar-refractivity contribution in [3.8, 4) is 0 Å². The molecule has 2 aromatic rings. The number of aromatic nitrogens is 3. The monoisotopic (exact) mass is 334 g/mol. The summed E-state index contributed by atoms with van der Waals surface area (Å²) < 4.78 is 4.88. The Balaban J connectivity index is 1.87. The highest BCUT2D eigenvalue weighted by Gasteiger charge is 2.08. The first kappa shape index (κ1) is 16.7. The van der Waals surface area contributed by atoms with E-state index in [4.69, 9.17) is 4.74 Å². The number of ether oxygens (including phenoxy) is 1. The van der Waals surface area contributed by atoms with Crippen molar-refractivity contribution in [2.24, 2.45) is 0 Å². The zero-order valence-electron chi connectivity index (χ0n) is 12.2. The van der Waals surface area contributed by atoms with Crippen LogP contribution < -0.4 is 11.0 Å². The van der Waals surface area contributed by atoms with Crippen molar-refractivity contribution >= 4 is 29.3 Å². The number of nitrogens with one attached hydrogen (secondary N) is 2. The first-order valence-electron chi connectivity index (χ1n) is 6.70. The molecule has 0 spiro atoms. The third-order valence-electron chi connectivity index (χ3n) is 2.58. The zero-order valence-corrected chi connectivity index (χ0v) is 13.1. The Morgan fingerprint density at radius 2 is 2.04 bits per heavy atom. The summed E-state index contributed by atoms with van der Waals surface area (Å²) in [6, 6.07) is 6.37. The number of H-pyrrole nitrogens is 1. The number of benzene rings is 1. The van der Waals surface area contributed by atoms with Gasteiger partial charge in [-0.15, -0.1) is 0 Å². The predicted octanol–water partition coefficient (Wildman–Crippen LogP) is 1.07. The molecule has 0 unspecified atom stereocenters. The second-order valence-electron chi connectivity index (χ2n) is 4.26. The molecule has 2 rings (SSSR count). The van der Waals surface area contributed by atoms with E-state index in [9.17, 15) is 14.4 Å². The molecule has 0 radical (unpaired) electrons. The Hall–Kier alpha value is -2.68. The van der Waals surface area contributed by atoms with Crippen LogP contribution in [0.1, 0.15) is 17.3 Å². The second-order valence-corrected chi connectivity index (χ2v) is 5.26. The Labute approximate surface area is 135 Å². The lowest BCUT2D eigenvalue weighted by Crippen LogP contribution is -2.16. The fourth-order valence-electron chi connectivity index (χ4n) is 1.61. The minimum atomic E-state index is -0.565.